The number of nitrogens with zero attached hydrogens (tertiary/aromatic N) is 1. The molecule has 1 aliphatic heterocycles. The van der Waals surface area contributed by atoms with E-state index in [-0.39, 0.29) is 60.5 Å². The summed E-state index contributed by atoms with van der Waals surface area (Å²) in [5, 5.41) is 10.5. The lowest BCUT2D eigenvalue weighted by atomic mass is 9.83. The molecule has 0 radical (unpaired) electrons. The summed E-state index contributed by atoms with van der Waals surface area (Å²) >= 11 is 0. The van der Waals surface area contributed by atoms with Gasteiger partial charge < -0.3 is 19.3 Å². The summed E-state index contributed by atoms with van der Waals surface area (Å²) in [4.78, 5) is 29.5. The fourth-order valence-corrected chi connectivity index (χ4v) is 4.59. The second kappa shape index (κ2) is 9.90. The van der Waals surface area contributed by atoms with Gasteiger partial charge in [-0.3, -0.25) is 9.59 Å². The third-order valence-corrected chi connectivity index (χ3v) is 6.34. The van der Waals surface area contributed by atoms with Crippen LogP contribution in [0.15, 0.2) is 23.5 Å². The summed E-state index contributed by atoms with van der Waals surface area (Å²) in [6.07, 6.45) is -0.622. The van der Waals surface area contributed by atoms with E-state index in [0.29, 0.717) is 31.9 Å². The first-order valence-corrected chi connectivity index (χ1v) is 11.2. The van der Waals surface area contributed by atoms with E-state index in [4.69, 9.17) is 14.2 Å². The van der Waals surface area contributed by atoms with Crippen LogP contribution in [0.5, 0.6) is 0 Å². The van der Waals surface area contributed by atoms with Gasteiger partial charge in [0.05, 0.1) is 25.5 Å². The molecule has 0 spiro atoms. The molecule has 0 amide bonds. The van der Waals surface area contributed by atoms with Crippen LogP contribution in [-0.2, 0) is 31.8 Å². The van der Waals surface area contributed by atoms with Gasteiger partial charge in [-0.05, 0) is 50.7 Å². The number of fused-ring (bicyclic) bond motifs is 2. The highest BCUT2D eigenvalue weighted by Crippen LogP contribution is 2.43. The second-order valence-electron chi connectivity index (χ2n) is 8.57. The Hall–Kier alpha value is -2.30. The molecule has 1 aromatic heterocycles. The third kappa shape index (κ3) is 5.28. The number of ether oxygens (including phenoxy) is 3. The van der Waals surface area contributed by atoms with Crippen molar-refractivity contribution in [1.29, 1.82) is 0 Å². The molecule has 3 aliphatic rings. The summed E-state index contributed by atoms with van der Waals surface area (Å²) in [6, 6.07) is 1.69. The molecular formula is C23H26F3NO6. The number of alkyl halides is 3. The van der Waals surface area contributed by atoms with Gasteiger partial charge in [-0.25, -0.2) is 4.98 Å². The molecule has 7 nitrogen and oxygen atoms in total. The van der Waals surface area contributed by atoms with Crippen molar-refractivity contribution in [2.24, 2.45) is 11.8 Å². The first-order valence-electron chi connectivity index (χ1n) is 11.2. The van der Waals surface area contributed by atoms with Crippen molar-refractivity contribution in [2.75, 3.05) is 19.8 Å². The van der Waals surface area contributed by atoms with Crippen molar-refractivity contribution in [3.8, 4) is 0 Å². The van der Waals surface area contributed by atoms with Crippen LogP contribution in [0.3, 0.4) is 0 Å². The number of carbonyl (C=O) groups excluding carboxylic acids is 2. The molecule has 1 N–H and O–H groups in total. The number of allylic oxidation sites excluding steroid dienone is 2. The summed E-state index contributed by atoms with van der Waals surface area (Å²) in [6.45, 7) is 0.465. The number of Topliss-reactive ketones (excluding diaryl/α,β-unsaturated/α-hetero) is 2. The van der Waals surface area contributed by atoms with Crippen molar-refractivity contribution in [3.63, 3.8) is 0 Å². The maximum atomic E-state index is 13.2. The van der Waals surface area contributed by atoms with E-state index < -0.39 is 23.4 Å². The zero-order valence-corrected chi connectivity index (χ0v) is 18.0. The lowest BCUT2D eigenvalue weighted by Gasteiger charge is -2.22. The standard InChI is InChI=1S/C23H26F3NO6/c24-23(25,26)17-7-6-15(22(30)19-20(28)13-4-5-14(11-13)21(19)29)16(27-17)12-31-9-10-33-18-3-1-2-8-32-18/h6-7,13-14,18,28H,1-5,8-12H2. The topological polar surface area (TPSA) is 95.0 Å². The van der Waals surface area contributed by atoms with Crippen LogP contribution in [0.4, 0.5) is 13.2 Å². The van der Waals surface area contributed by atoms with Crippen molar-refractivity contribution >= 4 is 11.6 Å². The van der Waals surface area contributed by atoms with Gasteiger partial charge in [-0.15, -0.1) is 0 Å². The van der Waals surface area contributed by atoms with Crippen LogP contribution in [0.25, 0.3) is 0 Å². The average molecular weight is 469 g/mol. The van der Waals surface area contributed by atoms with E-state index in [1.165, 1.54) is 0 Å². The molecule has 2 bridgehead atoms. The average Bonchev–Trinajstić information content (AvgIpc) is 3.25. The van der Waals surface area contributed by atoms with Crippen molar-refractivity contribution in [3.05, 3.63) is 40.4 Å². The van der Waals surface area contributed by atoms with Crippen molar-refractivity contribution in [1.82, 2.24) is 4.98 Å². The molecule has 4 rings (SSSR count). The molecule has 10 heteroatoms. The quantitative estimate of drug-likeness (QED) is 0.347. The zero-order valence-electron chi connectivity index (χ0n) is 18.0. The number of carbonyl (C=O) groups is 2. The molecular weight excluding hydrogens is 443 g/mol. The third-order valence-electron chi connectivity index (χ3n) is 6.34. The van der Waals surface area contributed by atoms with E-state index in [1.54, 1.807) is 0 Å². The number of hydrogen-bond donors (Lipinski definition) is 1. The minimum absolute atomic E-state index is 0.0580. The molecule has 1 saturated carbocycles. The normalized spacial score (nSPS) is 25.5. The Bertz CT molecular complexity index is 939. The molecule has 2 heterocycles. The van der Waals surface area contributed by atoms with Gasteiger partial charge >= 0.3 is 6.18 Å². The Kier molecular flexibility index (Phi) is 7.16. The van der Waals surface area contributed by atoms with Gasteiger partial charge in [0, 0.05) is 24.0 Å². The molecule has 1 saturated heterocycles. The Morgan fingerprint density at radius 2 is 1.94 bits per heavy atom. The van der Waals surface area contributed by atoms with E-state index >= 15 is 0 Å². The van der Waals surface area contributed by atoms with Crippen LogP contribution in [0, 0.1) is 11.8 Å². The fourth-order valence-electron chi connectivity index (χ4n) is 4.59. The molecule has 2 aliphatic carbocycles. The first kappa shape index (κ1) is 23.8. The van der Waals surface area contributed by atoms with Crippen molar-refractivity contribution < 1.29 is 42.1 Å². The minimum Gasteiger partial charge on any atom is -0.511 e. The summed E-state index contributed by atoms with van der Waals surface area (Å²) in [5.74, 6) is -2.16. The number of halogens is 3. The molecule has 3 unspecified atom stereocenters. The van der Waals surface area contributed by atoms with Crippen molar-refractivity contribution in [2.45, 2.75) is 57.6 Å². The fraction of sp³-hybridized carbons (Fsp3) is 0.609. The van der Waals surface area contributed by atoms with Crippen LogP contribution in [0.2, 0.25) is 0 Å². The van der Waals surface area contributed by atoms with E-state index in [2.05, 4.69) is 4.98 Å². The van der Waals surface area contributed by atoms with Gasteiger partial charge in [-0.1, -0.05) is 0 Å². The number of aromatic nitrogens is 1. The Morgan fingerprint density at radius 3 is 2.67 bits per heavy atom. The van der Waals surface area contributed by atoms with Crippen LogP contribution < -0.4 is 0 Å². The van der Waals surface area contributed by atoms with E-state index in [0.717, 1.165) is 25.3 Å². The van der Waals surface area contributed by atoms with Gasteiger partial charge in [-0.2, -0.15) is 13.2 Å². The van der Waals surface area contributed by atoms with Crippen LogP contribution in [-0.4, -0.2) is 47.8 Å². The first-order chi connectivity index (χ1) is 15.8. The molecule has 3 atom stereocenters. The smallest absolute Gasteiger partial charge is 0.433 e. The largest absolute Gasteiger partial charge is 0.511 e. The number of pyridine rings is 1. The lowest BCUT2D eigenvalue weighted by Crippen LogP contribution is -2.28. The number of aliphatic hydroxyl groups excluding tert-OH is 1. The Morgan fingerprint density at radius 1 is 1.15 bits per heavy atom. The number of aliphatic hydroxyl groups is 1. The van der Waals surface area contributed by atoms with E-state index in [1.807, 2.05) is 0 Å². The number of ketones is 2. The number of rotatable bonds is 8. The van der Waals surface area contributed by atoms with Crippen LogP contribution >= 0.6 is 0 Å². The van der Waals surface area contributed by atoms with Gasteiger partial charge in [0.2, 0.25) is 5.78 Å². The highest BCUT2D eigenvalue weighted by Gasteiger charge is 2.44. The predicted molar refractivity (Wildman–Crippen MR) is 108 cm³/mol. The summed E-state index contributed by atoms with van der Waals surface area (Å²) < 4.78 is 56.0. The maximum absolute atomic E-state index is 13.2. The molecule has 180 valence electrons. The highest BCUT2D eigenvalue weighted by molar-refractivity contribution is 6.28. The lowest BCUT2D eigenvalue weighted by molar-refractivity contribution is -0.169. The maximum Gasteiger partial charge on any atom is 0.433 e. The minimum atomic E-state index is -4.71. The Balaban J connectivity index is 1.49. The molecule has 0 aromatic carbocycles. The highest BCUT2D eigenvalue weighted by atomic mass is 19.4. The predicted octanol–water partition coefficient (Wildman–Crippen LogP) is 4.15. The molecule has 1 aromatic rings. The van der Waals surface area contributed by atoms with Gasteiger partial charge in [0.15, 0.2) is 12.1 Å². The Labute approximate surface area is 188 Å². The molecule has 33 heavy (non-hydrogen) atoms. The van der Waals surface area contributed by atoms with Gasteiger partial charge in [0.1, 0.15) is 17.0 Å². The number of hydrogen-bond acceptors (Lipinski definition) is 7. The van der Waals surface area contributed by atoms with E-state index in [9.17, 15) is 27.9 Å². The molecule has 2 fully saturated rings. The second-order valence-corrected chi connectivity index (χ2v) is 8.57. The zero-order chi connectivity index (χ0) is 23.6. The monoisotopic (exact) mass is 469 g/mol. The summed E-state index contributed by atoms with van der Waals surface area (Å²) in [5.41, 5.74) is -1.93. The van der Waals surface area contributed by atoms with Gasteiger partial charge in [0.25, 0.3) is 0 Å². The van der Waals surface area contributed by atoms with Crippen LogP contribution in [0.1, 0.15) is 60.3 Å². The summed E-state index contributed by atoms with van der Waals surface area (Å²) in [7, 11) is 0. The SMILES string of the molecule is O=C(C1=C(O)C2CCC(C2)C1=O)c1ccc(C(F)(F)F)nc1COCCOC1CCCCO1.